The van der Waals surface area contributed by atoms with Crippen molar-refractivity contribution in [1.29, 1.82) is 0 Å². The summed E-state index contributed by atoms with van der Waals surface area (Å²) in [6, 6.07) is 12.4. The summed E-state index contributed by atoms with van der Waals surface area (Å²) in [7, 11) is 3.15. The van der Waals surface area contributed by atoms with Gasteiger partial charge in [0.05, 0.1) is 14.2 Å². The summed E-state index contributed by atoms with van der Waals surface area (Å²) < 4.78 is 15.9. The van der Waals surface area contributed by atoms with Gasteiger partial charge in [-0.3, -0.25) is 4.79 Å². The highest BCUT2D eigenvalue weighted by Gasteiger charge is 2.19. The van der Waals surface area contributed by atoms with E-state index in [1.54, 1.807) is 56.7 Å². The van der Waals surface area contributed by atoms with Gasteiger partial charge in [-0.15, -0.1) is 0 Å². The Morgan fingerprint density at radius 3 is 2.77 bits per heavy atom. The first-order chi connectivity index (χ1) is 12.6. The van der Waals surface area contributed by atoms with Gasteiger partial charge in [0.25, 0.3) is 5.91 Å². The number of ether oxygens (including phenoxy) is 2. The molecule has 2 aromatic carbocycles. The first kappa shape index (κ1) is 17.8. The van der Waals surface area contributed by atoms with Crippen molar-refractivity contribution in [1.82, 2.24) is 10.3 Å². The lowest BCUT2D eigenvalue weighted by Gasteiger charge is -2.11. The normalized spacial score (nSPS) is 10.4. The SMILES string of the molecule is COc1ccc(OC)c(CNC(=O)c2ncoc2-c2cccc(Cl)c2)c1. The second-order valence-corrected chi connectivity index (χ2v) is 5.84. The van der Waals surface area contributed by atoms with Crippen LogP contribution < -0.4 is 14.8 Å². The number of benzene rings is 2. The first-order valence-corrected chi connectivity index (χ1v) is 8.18. The van der Waals surface area contributed by atoms with Crippen molar-refractivity contribution in [2.75, 3.05) is 14.2 Å². The number of carbonyl (C=O) groups is 1. The molecule has 0 unspecified atom stereocenters. The van der Waals surface area contributed by atoms with Crippen LogP contribution in [0.1, 0.15) is 16.1 Å². The Labute approximate surface area is 155 Å². The van der Waals surface area contributed by atoms with Crippen LogP contribution >= 0.6 is 11.6 Å². The highest BCUT2D eigenvalue weighted by molar-refractivity contribution is 6.30. The number of hydrogen-bond acceptors (Lipinski definition) is 5. The number of carbonyl (C=O) groups excluding carboxylic acids is 1. The van der Waals surface area contributed by atoms with Crippen LogP contribution in [0.5, 0.6) is 11.5 Å². The van der Waals surface area contributed by atoms with Gasteiger partial charge >= 0.3 is 0 Å². The standard InChI is InChI=1S/C19H17ClN2O4/c1-24-15-6-7-16(25-2)13(9-15)10-21-19(23)17-18(26-11-22-17)12-4-3-5-14(20)8-12/h3-9,11H,10H2,1-2H3,(H,21,23). The Hall–Kier alpha value is -2.99. The van der Waals surface area contributed by atoms with Crippen LogP contribution in [-0.4, -0.2) is 25.1 Å². The van der Waals surface area contributed by atoms with Crippen LogP contribution in [0.4, 0.5) is 0 Å². The minimum absolute atomic E-state index is 0.189. The number of nitrogens with zero attached hydrogens (tertiary/aromatic N) is 1. The Bertz CT molecular complexity index is 923. The molecule has 0 fully saturated rings. The van der Waals surface area contributed by atoms with Gasteiger partial charge in [-0.25, -0.2) is 4.98 Å². The van der Waals surface area contributed by atoms with Crippen molar-refractivity contribution >= 4 is 17.5 Å². The molecule has 1 aromatic heterocycles. The summed E-state index contributed by atoms with van der Waals surface area (Å²) in [4.78, 5) is 16.6. The molecule has 0 aliphatic heterocycles. The van der Waals surface area contributed by atoms with Crippen molar-refractivity contribution in [3.63, 3.8) is 0 Å². The van der Waals surface area contributed by atoms with Crippen LogP contribution in [-0.2, 0) is 6.54 Å². The van der Waals surface area contributed by atoms with Gasteiger partial charge in [-0.2, -0.15) is 0 Å². The van der Waals surface area contributed by atoms with Gasteiger partial charge in [0.15, 0.2) is 17.8 Å². The maximum absolute atomic E-state index is 12.6. The van der Waals surface area contributed by atoms with Crippen LogP contribution in [0.25, 0.3) is 11.3 Å². The summed E-state index contributed by atoms with van der Waals surface area (Å²) in [5.74, 6) is 1.33. The molecule has 26 heavy (non-hydrogen) atoms. The zero-order chi connectivity index (χ0) is 18.5. The van der Waals surface area contributed by atoms with Crippen molar-refractivity contribution in [2.24, 2.45) is 0 Å². The lowest BCUT2D eigenvalue weighted by molar-refractivity contribution is 0.0946. The molecule has 3 rings (SSSR count). The van der Waals surface area contributed by atoms with Crippen molar-refractivity contribution in [3.8, 4) is 22.8 Å². The first-order valence-electron chi connectivity index (χ1n) is 7.81. The molecule has 134 valence electrons. The van der Waals surface area contributed by atoms with Crippen LogP contribution in [0, 0.1) is 0 Å². The predicted molar refractivity (Wildman–Crippen MR) is 97.7 cm³/mol. The number of amides is 1. The average Bonchev–Trinajstić information content (AvgIpc) is 3.15. The Morgan fingerprint density at radius 1 is 1.19 bits per heavy atom. The molecule has 1 heterocycles. The number of aromatic nitrogens is 1. The van der Waals surface area contributed by atoms with Crippen molar-refractivity contribution in [3.05, 3.63) is 65.1 Å². The second kappa shape index (κ2) is 7.93. The lowest BCUT2D eigenvalue weighted by atomic mass is 10.1. The van der Waals surface area contributed by atoms with Gasteiger partial charge < -0.3 is 19.2 Å². The number of methoxy groups -OCH3 is 2. The molecular weight excluding hydrogens is 356 g/mol. The fourth-order valence-electron chi connectivity index (χ4n) is 2.52. The van der Waals surface area contributed by atoms with E-state index < -0.39 is 0 Å². The molecule has 0 spiro atoms. The van der Waals surface area contributed by atoms with Gasteiger partial charge in [0.1, 0.15) is 11.5 Å². The van der Waals surface area contributed by atoms with E-state index in [0.717, 1.165) is 5.56 Å². The van der Waals surface area contributed by atoms with Crippen LogP contribution in [0.3, 0.4) is 0 Å². The molecule has 1 N–H and O–H groups in total. The highest BCUT2D eigenvalue weighted by Crippen LogP contribution is 2.26. The van der Waals surface area contributed by atoms with E-state index in [1.807, 2.05) is 0 Å². The van der Waals surface area contributed by atoms with Gasteiger partial charge in [0.2, 0.25) is 0 Å². The highest BCUT2D eigenvalue weighted by atomic mass is 35.5. The molecule has 3 aromatic rings. The molecule has 0 bridgehead atoms. The van der Waals surface area contributed by atoms with E-state index in [4.69, 9.17) is 25.5 Å². The maximum Gasteiger partial charge on any atom is 0.274 e. The number of hydrogen-bond donors (Lipinski definition) is 1. The maximum atomic E-state index is 12.6. The van der Waals surface area contributed by atoms with Crippen LogP contribution in [0.2, 0.25) is 5.02 Å². The van der Waals surface area contributed by atoms with Crippen LogP contribution in [0.15, 0.2) is 53.3 Å². The van der Waals surface area contributed by atoms with Gasteiger partial charge in [0, 0.05) is 22.7 Å². The number of rotatable bonds is 6. The third kappa shape index (κ3) is 3.81. The van der Waals surface area contributed by atoms with Crippen molar-refractivity contribution < 1.29 is 18.7 Å². The molecule has 1 amide bonds. The zero-order valence-corrected chi connectivity index (χ0v) is 15.0. The van der Waals surface area contributed by atoms with Gasteiger partial charge in [-0.05, 0) is 30.3 Å². The Morgan fingerprint density at radius 2 is 2.04 bits per heavy atom. The smallest absolute Gasteiger partial charge is 0.274 e. The zero-order valence-electron chi connectivity index (χ0n) is 14.3. The van der Waals surface area contributed by atoms with Crippen molar-refractivity contribution in [2.45, 2.75) is 6.54 Å². The molecule has 0 atom stereocenters. The predicted octanol–water partition coefficient (Wildman–Crippen LogP) is 3.94. The summed E-state index contributed by atoms with van der Waals surface area (Å²) in [6.07, 6.45) is 1.23. The summed E-state index contributed by atoms with van der Waals surface area (Å²) in [5.41, 5.74) is 1.65. The third-order valence-electron chi connectivity index (χ3n) is 3.80. The quantitative estimate of drug-likeness (QED) is 0.709. The number of halogens is 1. The fourth-order valence-corrected chi connectivity index (χ4v) is 2.71. The third-order valence-corrected chi connectivity index (χ3v) is 4.03. The number of oxazole rings is 1. The Balaban J connectivity index is 1.79. The largest absolute Gasteiger partial charge is 0.497 e. The van der Waals surface area contributed by atoms with Gasteiger partial charge in [-0.1, -0.05) is 23.7 Å². The molecular formula is C19H17ClN2O4. The monoisotopic (exact) mass is 372 g/mol. The summed E-state index contributed by atoms with van der Waals surface area (Å²) >= 11 is 6.01. The Kier molecular flexibility index (Phi) is 5.43. The molecule has 0 aliphatic rings. The summed E-state index contributed by atoms with van der Waals surface area (Å²) in [6.45, 7) is 0.251. The molecule has 0 aliphatic carbocycles. The van der Waals surface area contributed by atoms with E-state index in [1.165, 1.54) is 6.39 Å². The van der Waals surface area contributed by atoms with E-state index in [0.29, 0.717) is 27.8 Å². The minimum Gasteiger partial charge on any atom is -0.497 e. The fraction of sp³-hybridized carbons (Fsp3) is 0.158. The second-order valence-electron chi connectivity index (χ2n) is 5.40. The van der Waals surface area contributed by atoms with E-state index in [2.05, 4.69) is 10.3 Å². The van der Waals surface area contributed by atoms with E-state index in [9.17, 15) is 4.79 Å². The topological polar surface area (TPSA) is 73.6 Å². The minimum atomic E-state index is -0.362. The lowest BCUT2D eigenvalue weighted by Crippen LogP contribution is -2.24. The molecule has 0 saturated heterocycles. The molecule has 7 heteroatoms. The average molecular weight is 373 g/mol. The van der Waals surface area contributed by atoms with E-state index >= 15 is 0 Å². The molecule has 0 radical (unpaired) electrons. The van der Waals surface area contributed by atoms with E-state index in [-0.39, 0.29) is 18.1 Å². The summed E-state index contributed by atoms with van der Waals surface area (Å²) in [5, 5.41) is 3.37. The molecule has 0 saturated carbocycles. The number of nitrogens with one attached hydrogen (secondary N) is 1. The molecule has 6 nitrogen and oxygen atoms in total.